The number of nitrogens with one attached hydrogen (secondary N) is 1. The molecule has 11 heteroatoms. The summed E-state index contributed by atoms with van der Waals surface area (Å²) < 4.78 is 38.4. The summed E-state index contributed by atoms with van der Waals surface area (Å²) in [4.78, 5) is 14.3. The zero-order valence-electron chi connectivity index (χ0n) is 17.2. The number of aromatic nitrogens is 2. The van der Waals surface area contributed by atoms with E-state index in [4.69, 9.17) is 9.47 Å². The minimum atomic E-state index is -3.81. The second-order valence-electron chi connectivity index (χ2n) is 6.74. The minimum absolute atomic E-state index is 0.00177. The first-order chi connectivity index (χ1) is 14.3. The number of sulfonamides is 1. The Hall–Kier alpha value is -2.76. The van der Waals surface area contributed by atoms with E-state index in [9.17, 15) is 13.2 Å². The number of rotatable bonds is 7. The molecule has 1 aromatic heterocycles. The normalized spacial score (nSPS) is 14.9. The molecule has 1 N–H and O–H groups in total. The Morgan fingerprint density at radius 2 is 1.93 bits per heavy atom. The average Bonchev–Trinajstić information content (AvgIpc) is 2.75. The van der Waals surface area contributed by atoms with Crippen molar-refractivity contribution >= 4 is 27.4 Å². The van der Waals surface area contributed by atoms with Crippen molar-refractivity contribution in [3.05, 3.63) is 36.0 Å². The summed E-state index contributed by atoms with van der Waals surface area (Å²) >= 11 is 0. The fourth-order valence-corrected chi connectivity index (χ4v) is 4.43. The van der Waals surface area contributed by atoms with Crippen molar-refractivity contribution in [1.82, 2.24) is 14.5 Å². The molecule has 0 saturated carbocycles. The van der Waals surface area contributed by atoms with Gasteiger partial charge >= 0.3 is 0 Å². The molecule has 1 aliphatic heterocycles. The van der Waals surface area contributed by atoms with Crippen LogP contribution in [0, 0.1) is 0 Å². The summed E-state index contributed by atoms with van der Waals surface area (Å²) in [6, 6.07) is 7.75. The highest BCUT2D eigenvalue weighted by atomic mass is 32.2. The van der Waals surface area contributed by atoms with Gasteiger partial charge in [0.05, 0.1) is 19.8 Å². The lowest BCUT2D eigenvalue weighted by atomic mass is 10.2. The van der Waals surface area contributed by atoms with E-state index < -0.39 is 15.9 Å². The van der Waals surface area contributed by atoms with Crippen molar-refractivity contribution in [1.29, 1.82) is 0 Å². The van der Waals surface area contributed by atoms with E-state index in [1.807, 2.05) is 14.1 Å². The van der Waals surface area contributed by atoms with Gasteiger partial charge in [-0.1, -0.05) is 0 Å². The third-order valence-electron chi connectivity index (χ3n) is 4.43. The molecule has 0 unspecified atom stereocenters. The van der Waals surface area contributed by atoms with Gasteiger partial charge in [0.2, 0.25) is 10.0 Å². The number of hydrogen-bond acceptors (Lipinski definition) is 8. The molecule has 2 aromatic rings. The van der Waals surface area contributed by atoms with Gasteiger partial charge in [0.15, 0.2) is 11.5 Å². The third-order valence-corrected chi connectivity index (χ3v) is 6.35. The van der Waals surface area contributed by atoms with Gasteiger partial charge in [0.25, 0.3) is 5.91 Å². The fraction of sp³-hybridized carbons (Fsp3) is 0.421. The van der Waals surface area contributed by atoms with Crippen LogP contribution in [0.15, 0.2) is 35.2 Å². The molecule has 1 aliphatic rings. The number of carbonyl (C=O) groups excluding carboxylic acids is 1. The Morgan fingerprint density at radius 3 is 2.53 bits per heavy atom. The molecule has 0 bridgehead atoms. The highest BCUT2D eigenvalue weighted by Gasteiger charge is 2.30. The lowest BCUT2D eigenvalue weighted by molar-refractivity contribution is 0.0729. The Labute approximate surface area is 175 Å². The average molecular weight is 436 g/mol. The lowest BCUT2D eigenvalue weighted by Gasteiger charge is -2.27. The van der Waals surface area contributed by atoms with Crippen LogP contribution in [0.25, 0.3) is 0 Å². The summed E-state index contributed by atoms with van der Waals surface area (Å²) in [5, 5.41) is 10.6. The second kappa shape index (κ2) is 9.37. The summed E-state index contributed by atoms with van der Waals surface area (Å²) in [7, 11) is -0.170. The van der Waals surface area contributed by atoms with Gasteiger partial charge in [0.1, 0.15) is 10.6 Å². The number of benzene rings is 1. The standard InChI is InChI=1S/C19H25N5O5S/c1-4-29-16-7-5-14(13-17(16)30(26,27)24-9-11-28-12-10-24)20-19(25)15-6-8-18(22-21-15)23(2)3/h5-8,13H,4,9-12H2,1-3H3,(H,20,25). The van der Waals surface area contributed by atoms with Crippen LogP contribution in [0.5, 0.6) is 5.75 Å². The molecule has 30 heavy (non-hydrogen) atoms. The van der Waals surface area contributed by atoms with Gasteiger partial charge in [-0.2, -0.15) is 4.31 Å². The molecule has 0 radical (unpaired) electrons. The Kier molecular flexibility index (Phi) is 6.85. The SMILES string of the molecule is CCOc1ccc(NC(=O)c2ccc(N(C)C)nn2)cc1S(=O)(=O)N1CCOCC1. The number of anilines is 2. The monoisotopic (exact) mass is 435 g/mol. The van der Waals surface area contributed by atoms with Crippen LogP contribution in [0.4, 0.5) is 11.5 Å². The van der Waals surface area contributed by atoms with Crippen LogP contribution in [-0.2, 0) is 14.8 Å². The van der Waals surface area contributed by atoms with Gasteiger partial charge < -0.3 is 19.7 Å². The highest BCUT2D eigenvalue weighted by molar-refractivity contribution is 7.89. The van der Waals surface area contributed by atoms with Gasteiger partial charge in [-0.05, 0) is 37.3 Å². The van der Waals surface area contributed by atoms with E-state index in [0.29, 0.717) is 31.3 Å². The quantitative estimate of drug-likeness (QED) is 0.690. The van der Waals surface area contributed by atoms with Crippen molar-refractivity contribution in [2.45, 2.75) is 11.8 Å². The van der Waals surface area contributed by atoms with Crippen LogP contribution < -0.4 is 15.0 Å². The molecule has 162 valence electrons. The van der Waals surface area contributed by atoms with Crippen molar-refractivity contribution in [3.8, 4) is 5.75 Å². The van der Waals surface area contributed by atoms with E-state index in [1.165, 1.54) is 16.4 Å². The maximum atomic E-state index is 13.1. The predicted molar refractivity (Wildman–Crippen MR) is 112 cm³/mol. The molecule has 1 saturated heterocycles. The van der Waals surface area contributed by atoms with Crippen molar-refractivity contribution < 1.29 is 22.7 Å². The van der Waals surface area contributed by atoms with Crippen molar-refractivity contribution in [3.63, 3.8) is 0 Å². The number of hydrogen-bond donors (Lipinski definition) is 1. The summed E-state index contributed by atoms with van der Waals surface area (Å²) in [6.07, 6.45) is 0. The summed E-state index contributed by atoms with van der Waals surface area (Å²) in [6.45, 7) is 3.28. The van der Waals surface area contributed by atoms with Gasteiger partial charge in [-0.25, -0.2) is 8.42 Å². The third kappa shape index (κ3) is 4.86. The molecular formula is C19H25N5O5S. The summed E-state index contributed by atoms with van der Waals surface area (Å²) in [5.41, 5.74) is 0.431. The van der Waals surface area contributed by atoms with Crippen LogP contribution >= 0.6 is 0 Å². The second-order valence-corrected chi connectivity index (χ2v) is 8.64. The molecule has 1 fully saturated rings. The number of carbonyl (C=O) groups is 1. The van der Waals surface area contributed by atoms with E-state index in [2.05, 4.69) is 15.5 Å². The molecule has 2 heterocycles. The van der Waals surface area contributed by atoms with Gasteiger partial charge in [0, 0.05) is 32.9 Å². The highest BCUT2D eigenvalue weighted by Crippen LogP contribution is 2.30. The topological polar surface area (TPSA) is 114 Å². The molecule has 0 aliphatic carbocycles. The van der Waals surface area contributed by atoms with Crippen LogP contribution in [0.1, 0.15) is 17.4 Å². The number of amides is 1. The molecule has 1 amide bonds. The van der Waals surface area contributed by atoms with Crippen LogP contribution in [-0.4, -0.2) is 75.8 Å². The molecule has 10 nitrogen and oxygen atoms in total. The van der Waals surface area contributed by atoms with E-state index >= 15 is 0 Å². The Balaban J connectivity index is 1.87. The number of ether oxygens (including phenoxy) is 2. The first kappa shape index (κ1) is 21.9. The molecule has 0 atom stereocenters. The first-order valence-corrected chi connectivity index (χ1v) is 10.9. The zero-order valence-corrected chi connectivity index (χ0v) is 18.0. The maximum Gasteiger partial charge on any atom is 0.276 e. The van der Waals surface area contributed by atoms with Crippen molar-refractivity contribution in [2.75, 3.05) is 57.2 Å². The van der Waals surface area contributed by atoms with E-state index in [-0.39, 0.29) is 29.4 Å². The maximum absolute atomic E-state index is 13.1. The van der Waals surface area contributed by atoms with E-state index in [0.717, 1.165) is 0 Å². The fourth-order valence-electron chi connectivity index (χ4n) is 2.87. The molecule has 1 aromatic carbocycles. The van der Waals surface area contributed by atoms with Crippen LogP contribution in [0.3, 0.4) is 0 Å². The molecular weight excluding hydrogens is 410 g/mol. The minimum Gasteiger partial charge on any atom is -0.492 e. The summed E-state index contributed by atoms with van der Waals surface area (Å²) in [5.74, 6) is 0.357. The van der Waals surface area contributed by atoms with Crippen LogP contribution in [0.2, 0.25) is 0 Å². The zero-order chi connectivity index (χ0) is 21.7. The van der Waals surface area contributed by atoms with Gasteiger partial charge in [-0.15, -0.1) is 10.2 Å². The largest absolute Gasteiger partial charge is 0.492 e. The predicted octanol–water partition coefficient (Wildman–Crippen LogP) is 1.21. The smallest absolute Gasteiger partial charge is 0.276 e. The Bertz CT molecular complexity index is 989. The van der Waals surface area contributed by atoms with E-state index in [1.54, 1.807) is 30.0 Å². The molecule has 0 spiro atoms. The first-order valence-electron chi connectivity index (χ1n) is 9.50. The Morgan fingerprint density at radius 1 is 1.20 bits per heavy atom. The lowest BCUT2D eigenvalue weighted by Crippen LogP contribution is -2.40. The number of morpholine rings is 1. The van der Waals surface area contributed by atoms with Gasteiger partial charge in [-0.3, -0.25) is 4.79 Å². The number of nitrogens with zero attached hydrogens (tertiary/aromatic N) is 4. The van der Waals surface area contributed by atoms with Crippen molar-refractivity contribution in [2.24, 2.45) is 0 Å². The molecule has 3 rings (SSSR count).